The molecule has 0 saturated heterocycles. The van der Waals surface area contributed by atoms with Gasteiger partial charge in [-0.05, 0) is 26.3 Å². The van der Waals surface area contributed by atoms with Gasteiger partial charge in [0.15, 0.2) is 0 Å². The molecule has 0 saturated carbocycles. The number of esters is 1. The summed E-state index contributed by atoms with van der Waals surface area (Å²) in [6, 6.07) is 1.59. The number of rotatable bonds is 7. The molecule has 0 aromatic carbocycles. The summed E-state index contributed by atoms with van der Waals surface area (Å²) in [6.07, 6.45) is 3.91. The summed E-state index contributed by atoms with van der Waals surface area (Å²) in [4.78, 5) is 15.8. The number of nitrogen functional groups attached to an aromatic ring is 1. The van der Waals surface area contributed by atoms with Crippen molar-refractivity contribution < 1.29 is 13.7 Å². The molecule has 1 rings (SSSR count). The summed E-state index contributed by atoms with van der Waals surface area (Å²) in [5, 5.41) is 3.12. The normalized spacial score (nSPS) is 13.6. The number of pyridine rings is 1. The number of nitrogens with two attached hydrogens (primary N) is 1. The highest BCUT2D eigenvalue weighted by Crippen LogP contribution is 2.21. The van der Waals surface area contributed by atoms with E-state index < -0.39 is 16.8 Å². The van der Waals surface area contributed by atoms with Crippen molar-refractivity contribution in [3.63, 3.8) is 0 Å². The van der Waals surface area contributed by atoms with Crippen LogP contribution >= 0.6 is 0 Å². The van der Waals surface area contributed by atoms with Crippen molar-refractivity contribution in [3.05, 3.63) is 17.8 Å². The molecule has 0 amide bonds. The third-order valence-corrected chi connectivity index (χ3v) is 3.52. The van der Waals surface area contributed by atoms with Crippen LogP contribution in [0.5, 0.6) is 0 Å². The fraction of sp³-hybridized carbons (Fsp3) is 0.538. The number of nitrogens with zero attached hydrogens (tertiary/aromatic N) is 1. The minimum absolute atomic E-state index is 0.0612. The fourth-order valence-corrected chi connectivity index (χ4v) is 2.31. The van der Waals surface area contributed by atoms with Crippen molar-refractivity contribution in [1.29, 1.82) is 0 Å². The fourth-order valence-electron chi connectivity index (χ4n) is 1.62. The van der Waals surface area contributed by atoms with Crippen molar-refractivity contribution in [2.45, 2.75) is 26.3 Å². The van der Waals surface area contributed by atoms with Gasteiger partial charge in [0.25, 0.3) is 0 Å². The molecule has 0 aliphatic rings. The highest BCUT2D eigenvalue weighted by atomic mass is 32.2. The molecule has 112 valence electrons. The maximum absolute atomic E-state index is 11.7. The van der Waals surface area contributed by atoms with Crippen LogP contribution in [0.3, 0.4) is 0 Å². The summed E-state index contributed by atoms with van der Waals surface area (Å²) >= 11 is 0. The van der Waals surface area contributed by atoms with Gasteiger partial charge in [-0.25, -0.2) is 9.78 Å². The second kappa shape index (κ2) is 7.84. The Labute approximate surface area is 121 Å². The van der Waals surface area contributed by atoms with Crippen molar-refractivity contribution in [2.75, 3.05) is 29.7 Å². The van der Waals surface area contributed by atoms with E-state index >= 15 is 0 Å². The van der Waals surface area contributed by atoms with Crippen LogP contribution in [-0.2, 0) is 15.5 Å². The van der Waals surface area contributed by atoms with Crippen LogP contribution in [0.2, 0.25) is 0 Å². The molecule has 3 N–H and O–H groups in total. The molecule has 7 heteroatoms. The second-order valence-corrected chi connectivity index (χ2v) is 6.01. The minimum atomic E-state index is -0.830. The third-order valence-electron chi connectivity index (χ3n) is 2.71. The van der Waals surface area contributed by atoms with E-state index in [1.807, 2.05) is 6.92 Å². The van der Waals surface area contributed by atoms with E-state index in [1.165, 1.54) is 12.3 Å². The molecule has 1 aromatic rings. The lowest BCUT2D eigenvalue weighted by atomic mass is 10.2. The zero-order valence-electron chi connectivity index (χ0n) is 12.0. The van der Waals surface area contributed by atoms with E-state index in [2.05, 4.69) is 10.3 Å². The Morgan fingerprint density at radius 3 is 2.90 bits per heavy atom. The van der Waals surface area contributed by atoms with Crippen molar-refractivity contribution in [2.24, 2.45) is 0 Å². The van der Waals surface area contributed by atoms with Crippen LogP contribution in [0.15, 0.2) is 12.3 Å². The third kappa shape index (κ3) is 4.80. The highest BCUT2D eigenvalue weighted by molar-refractivity contribution is 7.84. The van der Waals surface area contributed by atoms with Gasteiger partial charge in [0.2, 0.25) is 0 Å². The largest absolute Gasteiger partial charge is 0.462 e. The first-order valence-electron chi connectivity index (χ1n) is 6.43. The van der Waals surface area contributed by atoms with E-state index in [0.29, 0.717) is 23.7 Å². The maximum Gasteiger partial charge on any atom is 0.340 e. The Bertz CT molecular complexity index is 494. The molecule has 0 aliphatic heterocycles. The number of ether oxygens (including phenoxy) is 1. The lowest BCUT2D eigenvalue weighted by Crippen LogP contribution is -2.20. The highest BCUT2D eigenvalue weighted by Gasteiger charge is 2.15. The summed E-state index contributed by atoms with van der Waals surface area (Å²) in [7, 11) is -0.830. The van der Waals surface area contributed by atoms with E-state index in [1.54, 1.807) is 13.2 Å². The number of nitrogens with one attached hydrogen (secondary N) is 1. The van der Waals surface area contributed by atoms with Crippen LogP contribution in [0.25, 0.3) is 0 Å². The predicted molar refractivity (Wildman–Crippen MR) is 81.2 cm³/mol. The van der Waals surface area contributed by atoms with Gasteiger partial charge in [-0.3, -0.25) is 4.21 Å². The molecule has 6 nitrogen and oxygen atoms in total. The predicted octanol–water partition coefficient (Wildman–Crippen LogP) is 1.41. The van der Waals surface area contributed by atoms with Crippen LogP contribution < -0.4 is 11.1 Å². The van der Waals surface area contributed by atoms with Gasteiger partial charge in [-0.2, -0.15) is 0 Å². The molecule has 1 heterocycles. The van der Waals surface area contributed by atoms with E-state index in [-0.39, 0.29) is 11.7 Å². The number of carbonyl (C=O) groups is 1. The Morgan fingerprint density at radius 2 is 2.30 bits per heavy atom. The van der Waals surface area contributed by atoms with Gasteiger partial charge in [-0.1, -0.05) is 0 Å². The minimum Gasteiger partial charge on any atom is -0.462 e. The summed E-state index contributed by atoms with van der Waals surface area (Å²) < 4.78 is 16.0. The molecule has 1 aromatic heterocycles. The first-order chi connectivity index (χ1) is 9.45. The van der Waals surface area contributed by atoms with Crippen molar-refractivity contribution in [1.82, 2.24) is 4.98 Å². The molecule has 2 unspecified atom stereocenters. The number of carbonyl (C=O) groups excluding carboxylic acids is 1. The number of aromatic nitrogens is 1. The zero-order valence-corrected chi connectivity index (χ0v) is 12.8. The average molecular weight is 299 g/mol. The molecule has 0 radical (unpaired) electrons. The SMILES string of the molecule is CCOC(=O)c1ccnc(NC(C)CCS(C)=O)c1N. The molecule has 0 spiro atoms. The molecular weight excluding hydrogens is 278 g/mol. The van der Waals surface area contributed by atoms with Gasteiger partial charge < -0.3 is 15.8 Å². The van der Waals surface area contributed by atoms with Gasteiger partial charge in [0, 0.05) is 35.0 Å². The number of anilines is 2. The Balaban J connectivity index is 2.78. The standard InChI is InChI=1S/C13H21N3O3S/c1-4-19-13(17)10-5-7-15-12(11(10)14)16-9(2)6-8-20(3)18/h5,7,9H,4,6,8,14H2,1-3H3,(H,15,16). The molecule has 0 bridgehead atoms. The first-order valence-corrected chi connectivity index (χ1v) is 8.16. The Kier molecular flexibility index (Phi) is 6.44. The topological polar surface area (TPSA) is 94.3 Å². The van der Waals surface area contributed by atoms with Crippen molar-refractivity contribution >= 4 is 28.3 Å². The van der Waals surface area contributed by atoms with E-state index in [4.69, 9.17) is 10.5 Å². The Hall–Kier alpha value is -1.63. The lowest BCUT2D eigenvalue weighted by molar-refractivity contribution is 0.0527. The van der Waals surface area contributed by atoms with Crippen molar-refractivity contribution in [3.8, 4) is 0 Å². The van der Waals surface area contributed by atoms with Crippen LogP contribution in [-0.4, -0.2) is 39.8 Å². The van der Waals surface area contributed by atoms with Crippen LogP contribution in [0.4, 0.5) is 11.5 Å². The molecule has 0 fully saturated rings. The van der Waals surface area contributed by atoms with Crippen LogP contribution in [0, 0.1) is 0 Å². The number of hydrogen-bond donors (Lipinski definition) is 2. The molecule has 0 aliphatic carbocycles. The molecule has 2 atom stereocenters. The smallest absolute Gasteiger partial charge is 0.340 e. The molecule has 20 heavy (non-hydrogen) atoms. The quantitative estimate of drug-likeness (QED) is 0.739. The second-order valence-electron chi connectivity index (χ2n) is 4.45. The van der Waals surface area contributed by atoms with Gasteiger partial charge in [-0.15, -0.1) is 0 Å². The van der Waals surface area contributed by atoms with E-state index in [9.17, 15) is 9.00 Å². The molecular formula is C13H21N3O3S. The van der Waals surface area contributed by atoms with Gasteiger partial charge in [0.1, 0.15) is 5.82 Å². The van der Waals surface area contributed by atoms with Crippen LogP contribution in [0.1, 0.15) is 30.6 Å². The lowest BCUT2D eigenvalue weighted by Gasteiger charge is -2.16. The maximum atomic E-state index is 11.7. The Morgan fingerprint density at radius 1 is 1.60 bits per heavy atom. The summed E-state index contributed by atoms with van der Waals surface area (Å²) in [5.74, 6) is 0.591. The monoisotopic (exact) mass is 299 g/mol. The zero-order chi connectivity index (χ0) is 15.1. The average Bonchev–Trinajstić information content (AvgIpc) is 2.39. The summed E-state index contributed by atoms with van der Waals surface area (Å²) in [5.41, 5.74) is 6.51. The van der Waals surface area contributed by atoms with Gasteiger partial charge in [0.05, 0.1) is 17.9 Å². The summed E-state index contributed by atoms with van der Waals surface area (Å²) in [6.45, 7) is 3.98. The number of hydrogen-bond acceptors (Lipinski definition) is 6. The van der Waals surface area contributed by atoms with Gasteiger partial charge >= 0.3 is 5.97 Å². The first kappa shape index (κ1) is 16.4. The van der Waals surface area contributed by atoms with E-state index in [0.717, 1.165) is 6.42 Å².